The van der Waals surface area contributed by atoms with E-state index in [1.807, 2.05) is 42.9 Å². The summed E-state index contributed by atoms with van der Waals surface area (Å²) in [4.78, 5) is 4.35. The first-order chi connectivity index (χ1) is 11.0. The van der Waals surface area contributed by atoms with Gasteiger partial charge in [0.05, 0.1) is 18.1 Å². The van der Waals surface area contributed by atoms with Crippen LogP contribution in [0.1, 0.15) is 31.9 Å². The molecule has 2 heterocycles. The van der Waals surface area contributed by atoms with Crippen molar-refractivity contribution >= 4 is 5.69 Å². The van der Waals surface area contributed by atoms with E-state index in [4.69, 9.17) is 0 Å². The second-order valence-electron chi connectivity index (χ2n) is 6.58. The van der Waals surface area contributed by atoms with Gasteiger partial charge in [0.25, 0.3) is 0 Å². The van der Waals surface area contributed by atoms with E-state index in [0.717, 1.165) is 17.9 Å². The first kappa shape index (κ1) is 15.2. The molecule has 5 nitrogen and oxygen atoms in total. The van der Waals surface area contributed by atoms with Crippen LogP contribution in [0.3, 0.4) is 0 Å². The highest BCUT2D eigenvalue weighted by molar-refractivity contribution is 5.48. The maximum atomic E-state index is 4.35. The highest BCUT2D eigenvalue weighted by Gasteiger charge is 2.14. The molecule has 0 saturated carbocycles. The standard InChI is InChI=1S/C18H21N5/c1-18(2,3)15-10-14(11-19-13-15)12-20-16-4-6-17(7-5-16)23-9-8-21-22-23/h4-11,13,20H,12H2,1-3H3. The Morgan fingerprint density at radius 1 is 1.09 bits per heavy atom. The third-order valence-corrected chi connectivity index (χ3v) is 3.71. The summed E-state index contributed by atoms with van der Waals surface area (Å²) >= 11 is 0. The largest absolute Gasteiger partial charge is 0.381 e. The van der Waals surface area contributed by atoms with Crippen LogP contribution in [0.2, 0.25) is 0 Å². The van der Waals surface area contributed by atoms with E-state index < -0.39 is 0 Å². The molecule has 23 heavy (non-hydrogen) atoms. The van der Waals surface area contributed by atoms with Gasteiger partial charge in [-0.15, -0.1) is 5.10 Å². The molecule has 3 rings (SSSR count). The monoisotopic (exact) mass is 307 g/mol. The number of anilines is 1. The SMILES string of the molecule is CC(C)(C)c1cncc(CNc2ccc(-n3ccnn3)cc2)c1. The number of nitrogens with zero attached hydrogens (tertiary/aromatic N) is 4. The Bertz CT molecular complexity index is 755. The van der Waals surface area contributed by atoms with E-state index >= 15 is 0 Å². The van der Waals surface area contributed by atoms with Crippen LogP contribution in [-0.2, 0) is 12.0 Å². The minimum Gasteiger partial charge on any atom is -0.381 e. The van der Waals surface area contributed by atoms with Gasteiger partial charge in [-0.3, -0.25) is 4.98 Å². The quantitative estimate of drug-likeness (QED) is 0.800. The van der Waals surface area contributed by atoms with E-state index in [-0.39, 0.29) is 5.41 Å². The summed E-state index contributed by atoms with van der Waals surface area (Å²) in [5.41, 5.74) is 4.60. The fourth-order valence-electron chi connectivity index (χ4n) is 2.28. The van der Waals surface area contributed by atoms with Crippen molar-refractivity contribution in [1.82, 2.24) is 20.0 Å². The van der Waals surface area contributed by atoms with Gasteiger partial charge in [-0.1, -0.05) is 32.1 Å². The summed E-state index contributed by atoms with van der Waals surface area (Å²) in [5, 5.41) is 11.2. The molecule has 0 aliphatic carbocycles. The van der Waals surface area contributed by atoms with Crippen molar-refractivity contribution in [3.63, 3.8) is 0 Å². The second kappa shape index (κ2) is 6.20. The first-order valence-corrected chi connectivity index (χ1v) is 7.67. The highest BCUT2D eigenvalue weighted by Crippen LogP contribution is 2.22. The predicted molar refractivity (Wildman–Crippen MR) is 91.6 cm³/mol. The maximum absolute atomic E-state index is 4.35. The number of pyridine rings is 1. The summed E-state index contributed by atoms with van der Waals surface area (Å²) < 4.78 is 1.74. The van der Waals surface area contributed by atoms with Crippen LogP contribution in [0, 0.1) is 0 Å². The number of aromatic nitrogens is 4. The second-order valence-corrected chi connectivity index (χ2v) is 6.58. The molecule has 0 spiro atoms. The fourth-order valence-corrected chi connectivity index (χ4v) is 2.28. The van der Waals surface area contributed by atoms with Crippen molar-refractivity contribution in [3.8, 4) is 5.69 Å². The van der Waals surface area contributed by atoms with Crippen LogP contribution in [0.4, 0.5) is 5.69 Å². The van der Waals surface area contributed by atoms with E-state index in [2.05, 4.69) is 47.5 Å². The fraction of sp³-hybridized carbons (Fsp3) is 0.278. The van der Waals surface area contributed by atoms with Gasteiger partial charge in [0, 0.05) is 24.6 Å². The average molecular weight is 307 g/mol. The number of benzene rings is 1. The Kier molecular flexibility index (Phi) is 4.10. The minimum atomic E-state index is 0.114. The third kappa shape index (κ3) is 3.74. The molecule has 3 aromatic rings. The van der Waals surface area contributed by atoms with Gasteiger partial charge in [-0.25, -0.2) is 4.68 Å². The lowest BCUT2D eigenvalue weighted by Gasteiger charge is -2.19. The highest BCUT2D eigenvalue weighted by atomic mass is 15.4. The van der Waals surface area contributed by atoms with Crippen LogP contribution >= 0.6 is 0 Å². The smallest absolute Gasteiger partial charge is 0.0697 e. The number of rotatable bonds is 4. The van der Waals surface area contributed by atoms with E-state index in [0.29, 0.717) is 0 Å². The topological polar surface area (TPSA) is 55.6 Å². The Hall–Kier alpha value is -2.69. The average Bonchev–Trinajstić information content (AvgIpc) is 3.07. The summed E-state index contributed by atoms with van der Waals surface area (Å²) in [6.45, 7) is 7.35. The third-order valence-electron chi connectivity index (χ3n) is 3.71. The Morgan fingerprint density at radius 2 is 1.87 bits per heavy atom. The Balaban J connectivity index is 1.67. The molecule has 118 valence electrons. The molecule has 0 atom stereocenters. The van der Waals surface area contributed by atoms with E-state index in [1.165, 1.54) is 11.1 Å². The van der Waals surface area contributed by atoms with Crippen LogP contribution < -0.4 is 5.32 Å². The van der Waals surface area contributed by atoms with Gasteiger partial charge >= 0.3 is 0 Å². The van der Waals surface area contributed by atoms with E-state index in [9.17, 15) is 0 Å². The van der Waals surface area contributed by atoms with Gasteiger partial charge < -0.3 is 5.32 Å². The molecule has 5 heteroatoms. The van der Waals surface area contributed by atoms with Gasteiger partial charge in [-0.05, 0) is 40.8 Å². The van der Waals surface area contributed by atoms with Crippen molar-refractivity contribution in [3.05, 3.63) is 66.2 Å². The molecule has 0 amide bonds. The molecule has 0 saturated heterocycles. The molecule has 2 aromatic heterocycles. The molecule has 1 aromatic carbocycles. The summed E-state index contributed by atoms with van der Waals surface area (Å²) in [7, 11) is 0. The van der Waals surface area contributed by atoms with Crippen molar-refractivity contribution in [2.75, 3.05) is 5.32 Å². The summed E-state index contributed by atoms with van der Waals surface area (Å²) in [6.07, 6.45) is 7.34. The van der Waals surface area contributed by atoms with Gasteiger partial charge in [0.1, 0.15) is 0 Å². The number of hydrogen-bond donors (Lipinski definition) is 1. The lowest BCUT2D eigenvalue weighted by Crippen LogP contribution is -2.12. The maximum Gasteiger partial charge on any atom is 0.0697 e. The Morgan fingerprint density at radius 3 is 2.52 bits per heavy atom. The minimum absolute atomic E-state index is 0.114. The normalized spacial score (nSPS) is 11.4. The van der Waals surface area contributed by atoms with Crippen LogP contribution in [0.25, 0.3) is 5.69 Å². The van der Waals surface area contributed by atoms with Crippen LogP contribution in [0.15, 0.2) is 55.1 Å². The molecule has 0 bridgehead atoms. The summed E-state index contributed by atoms with van der Waals surface area (Å²) in [6, 6.07) is 10.3. The lowest BCUT2D eigenvalue weighted by molar-refractivity contribution is 0.586. The van der Waals surface area contributed by atoms with E-state index in [1.54, 1.807) is 10.9 Å². The molecule has 0 fully saturated rings. The molecular weight excluding hydrogens is 286 g/mol. The predicted octanol–water partition coefficient (Wildman–Crippen LogP) is 3.57. The van der Waals surface area contributed by atoms with Crippen molar-refractivity contribution < 1.29 is 0 Å². The van der Waals surface area contributed by atoms with Gasteiger partial charge in [0.15, 0.2) is 0 Å². The Labute approximate surface area is 136 Å². The zero-order valence-corrected chi connectivity index (χ0v) is 13.7. The van der Waals surface area contributed by atoms with Crippen LogP contribution in [-0.4, -0.2) is 20.0 Å². The van der Waals surface area contributed by atoms with Crippen molar-refractivity contribution in [2.24, 2.45) is 0 Å². The zero-order valence-electron chi connectivity index (χ0n) is 13.7. The molecule has 0 aliphatic rings. The van der Waals surface area contributed by atoms with Gasteiger partial charge in [-0.2, -0.15) is 0 Å². The zero-order chi connectivity index (χ0) is 16.3. The molecular formula is C18H21N5. The molecule has 0 unspecified atom stereocenters. The summed E-state index contributed by atoms with van der Waals surface area (Å²) in [5.74, 6) is 0. The molecule has 1 N–H and O–H groups in total. The molecule has 0 radical (unpaired) electrons. The first-order valence-electron chi connectivity index (χ1n) is 7.67. The van der Waals surface area contributed by atoms with Gasteiger partial charge in [0.2, 0.25) is 0 Å². The van der Waals surface area contributed by atoms with Crippen molar-refractivity contribution in [2.45, 2.75) is 32.7 Å². The number of hydrogen-bond acceptors (Lipinski definition) is 4. The van der Waals surface area contributed by atoms with Crippen molar-refractivity contribution in [1.29, 1.82) is 0 Å². The molecule has 0 aliphatic heterocycles. The van der Waals surface area contributed by atoms with Crippen LogP contribution in [0.5, 0.6) is 0 Å². The lowest BCUT2D eigenvalue weighted by atomic mass is 9.88. The number of nitrogens with one attached hydrogen (secondary N) is 1.